The van der Waals surface area contributed by atoms with Crippen molar-refractivity contribution in [2.24, 2.45) is 5.41 Å². The van der Waals surface area contributed by atoms with E-state index in [0.29, 0.717) is 12.3 Å². The Morgan fingerprint density at radius 2 is 1.95 bits per heavy atom. The Labute approximate surface area is 119 Å². The molecule has 2 unspecified atom stereocenters. The van der Waals surface area contributed by atoms with Crippen molar-refractivity contribution < 1.29 is 14.6 Å². The van der Waals surface area contributed by atoms with Crippen molar-refractivity contribution in [3.63, 3.8) is 0 Å². The van der Waals surface area contributed by atoms with Crippen LogP contribution >= 0.6 is 0 Å². The first-order valence-corrected chi connectivity index (χ1v) is 6.92. The fraction of sp³-hybridized carbons (Fsp3) is 0.533. The van der Waals surface area contributed by atoms with Gasteiger partial charge in [-0.3, -0.25) is 5.32 Å². The number of carbonyl (C=O) groups excluding carboxylic acids is 1. The summed E-state index contributed by atoms with van der Waals surface area (Å²) in [6.45, 7) is 6.22. The lowest BCUT2D eigenvalue weighted by atomic mass is 9.64. The number of hydrogen-bond donors (Lipinski definition) is 3. The van der Waals surface area contributed by atoms with E-state index in [1.54, 1.807) is 6.92 Å². The van der Waals surface area contributed by atoms with Crippen molar-refractivity contribution in [3.05, 3.63) is 24.3 Å². The van der Waals surface area contributed by atoms with Crippen LogP contribution in [-0.4, -0.2) is 30.0 Å². The molecule has 0 spiro atoms. The van der Waals surface area contributed by atoms with E-state index in [4.69, 9.17) is 4.74 Å². The molecule has 1 aliphatic carbocycles. The molecular formula is C15H22N2O3. The van der Waals surface area contributed by atoms with Gasteiger partial charge in [-0.25, -0.2) is 4.79 Å². The molecule has 1 amide bonds. The van der Waals surface area contributed by atoms with Gasteiger partial charge in [-0.15, -0.1) is 0 Å². The molecule has 1 aliphatic rings. The van der Waals surface area contributed by atoms with Crippen LogP contribution in [0.25, 0.3) is 0 Å². The van der Waals surface area contributed by atoms with Crippen molar-refractivity contribution in [1.29, 1.82) is 0 Å². The minimum absolute atomic E-state index is 0.109. The lowest BCUT2D eigenvalue weighted by molar-refractivity contribution is -0.0510. The maximum absolute atomic E-state index is 11.3. The Morgan fingerprint density at radius 1 is 1.35 bits per heavy atom. The van der Waals surface area contributed by atoms with Gasteiger partial charge >= 0.3 is 6.09 Å². The molecular weight excluding hydrogens is 256 g/mol. The standard InChI is InChI=1S/C15H22N2O3/c1-4-20-14(19)17-11-7-5-10(6-8-11)16-12-9-13(18)15(12,2)3/h5-8,12-13,16,18H,4,9H2,1-3H3,(H,17,19). The quantitative estimate of drug-likeness (QED) is 0.792. The maximum Gasteiger partial charge on any atom is 0.411 e. The zero-order valence-corrected chi connectivity index (χ0v) is 12.1. The molecule has 5 nitrogen and oxygen atoms in total. The van der Waals surface area contributed by atoms with E-state index in [2.05, 4.69) is 24.5 Å². The van der Waals surface area contributed by atoms with E-state index in [1.165, 1.54) is 0 Å². The van der Waals surface area contributed by atoms with E-state index >= 15 is 0 Å². The molecule has 0 aliphatic heterocycles. The number of aliphatic hydroxyl groups excluding tert-OH is 1. The number of amides is 1. The molecule has 2 rings (SSSR count). The minimum atomic E-state index is -0.448. The van der Waals surface area contributed by atoms with Crippen molar-refractivity contribution in [3.8, 4) is 0 Å². The summed E-state index contributed by atoms with van der Waals surface area (Å²) in [7, 11) is 0. The Hall–Kier alpha value is -1.75. The summed E-state index contributed by atoms with van der Waals surface area (Å²) in [4.78, 5) is 11.3. The molecule has 0 radical (unpaired) electrons. The number of aliphatic hydroxyl groups is 1. The van der Waals surface area contributed by atoms with Crippen LogP contribution in [0.1, 0.15) is 27.2 Å². The highest BCUT2D eigenvalue weighted by Crippen LogP contribution is 2.42. The van der Waals surface area contributed by atoms with Crippen molar-refractivity contribution in [2.75, 3.05) is 17.2 Å². The number of ether oxygens (including phenoxy) is 1. The summed E-state index contributed by atoms with van der Waals surface area (Å²) < 4.78 is 4.81. The van der Waals surface area contributed by atoms with Gasteiger partial charge in [0, 0.05) is 22.8 Å². The number of carbonyl (C=O) groups is 1. The molecule has 110 valence electrons. The van der Waals surface area contributed by atoms with E-state index in [-0.39, 0.29) is 17.6 Å². The smallest absolute Gasteiger partial charge is 0.411 e. The van der Waals surface area contributed by atoms with Gasteiger partial charge in [-0.2, -0.15) is 0 Å². The number of anilines is 2. The number of nitrogens with one attached hydrogen (secondary N) is 2. The summed E-state index contributed by atoms with van der Waals surface area (Å²) in [5, 5.41) is 15.8. The van der Waals surface area contributed by atoms with Crippen LogP contribution in [0, 0.1) is 5.41 Å². The molecule has 20 heavy (non-hydrogen) atoms. The normalized spacial score (nSPS) is 23.6. The lowest BCUT2D eigenvalue weighted by Gasteiger charge is -2.49. The van der Waals surface area contributed by atoms with Crippen LogP contribution in [0.15, 0.2) is 24.3 Å². The van der Waals surface area contributed by atoms with Gasteiger partial charge in [0.1, 0.15) is 0 Å². The van der Waals surface area contributed by atoms with Crippen LogP contribution < -0.4 is 10.6 Å². The summed E-state index contributed by atoms with van der Waals surface area (Å²) in [5.41, 5.74) is 1.56. The van der Waals surface area contributed by atoms with E-state index in [0.717, 1.165) is 12.1 Å². The topological polar surface area (TPSA) is 70.6 Å². The average molecular weight is 278 g/mol. The fourth-order valence-corrected chi connectivity index (χ4v) is 2.28. The first-order valence-electron chi connectivity index (χ1n) is 6.92. The highest BCUT2D eigenvalue weighted by Gasteiger charge is 2.47. The van der Waals surface area contributed by atoms with Gasteiger partial charge in [0.15, 0.2) is 0 Å². The Morgan fingerprint density at radius 3 is 2.45 bits per heavy atom. The average Bonchev–Trinajstić information content (AvgIpc) is 2.41. The Bertz CT molecular complexity index is 471. The number of hydrogen-bond acceptors (Lipinski definition) is 4. The highest BCUT2D eigenvalue weighted by molar-refractivity contribution is 5.84. The van der Waals surface area contributed by atoms with Gasteiger partial charge in [-0.05, 0) is 37.6 Å². The zero-order valence-electron chi connectivity index (χ0n) is 12.1. The number of rotatable bonds is 4. The summed E-state index contributed by atoms with van der Waals surface area (Å²) >= 11 is 0. The van der Waals surface area contributed by atoms with Crippen molar-refractivity contribution in [1.82, 2.24) is 0 Å². The molecule has 5 heteroatoms. The summed E-state index contributed by atoms with van der Waals surface area (Å²) in [6.07, 6.45) is 0.0664. The third-order valence-corrected chi connectivity index (χ3v) is 3.96. The SMILES string of the molecule is CCOC(=O)Nc1ccc(NC2CC(O)C2(C)C)cc1. The van der Waals surface area contributed by atoms with Crippen LogP contribution in [-0.2, 0) is 4.74 Å². The van der Waals surface area contributed by atoms with Gasteiger partial charge in [0.25, 0.3) is 0 Å². The molecule has 1 aromatic carbocycles. The summed E-state index contributed by atoms with van der Waals surface area (Å²) in [6, 6.07) is 7.72. The minimum Gasteiger partial charge on any atom is -0.450 e. The first kappa shape index (κ1) is 14.7. The second kappa shape index (κ2) is 5.71. The lowest BCUT2D eigenvalue weighted by Crippen LogP contribution is -2.56. The van der Waals surface area contributed by atoms with Crippen molar-refractivity contribution >= 4 is 17.5 Å². The third-order valence-electron chi connectivity index (χ3n) is 3.96. The molecule has 1 fully saturated rings. The molecule has 1 saturated carbocycles. The van der Waals surface area contributed by atoms with Gasteiger partial charge in [0.05, 0.1) is 12.7 Å². The van der Waals surface area contributed by atoms with Crippen LogP contribution in [0.4, 0.5) is 16.2 Å². The Kier molecular flexibility index (Phi) is 4.18. The Balaban J connectivity index is 1.91. The molecule has 2 atom stereocenters. The highest BCUT2D eigenvalue weighted by atomic mass is 16.5. The molecule has 0 saturated heterocycles. The summed E-state index contributed by atoms with van der Waals surface area (Å²) in [5.74, 6) is 0. The van der Waals surface area contributed by atoms with Crippen LogP contribution in [0.2, 0.25) is 0 Å². The largest absolute Gasteiger partial charge is 0.450 e. The van der Waals surface area contributed by atoms with Gasteiger partial charge in [0.2, 0.25) is 0 Å². The van der Waals surface area contributed by atoms with E-state index < -0.39 is 6.09 Å². The molecule has 1 aromatic rings. The molecule has 0 bridgehead atoms. The number of benzene rings is 1. The second-order valence-corrected chi connectivity index (χ2v) is 5.69. The first-order chi connectivity index (χ1) is 9.43. The molecule has 0 heterocycles. The van der Waals surface area contributed by atoms with Gasteiger partial charge in [-0.1, -0.05) is 13.8 Å². The monoisotopic (exact) mass is 278 g/mol. The van der Waals surface area contributed by atoms with Gasteiger partial charge < -0.3 is 15.2 Å². The van der Waals surface area contributed by atoms with Crippen LogP contribution in [0.5, 0.6) is 0 Å². The fourth-order valence-electron chi connectivity index (χ4n) is 2.28. The van der Waals surface area contributed by atoms with Crippen molar-refractivity contribution in [2.45, 2.75) is 39.3 Å². The third kappa shape index (κ3) is 3.04. The zero-order chi connectivity index (χ0) is 14.8. The predicted molar refractivity (Wildman–Crippen MR) is 78.9 cm³/mol. The molecule has 3 N–H and O–H groups in total. The van der Waals surface area contributed by atoms with E-state index in [1.807, 2.05) is 24.3 Å². The van der Waals surface area contributed by atoms with Crippen LogP contribution in [0.3, 0.4) is 0 Å². The molecule has 0 aromatic heterocycles. The second-order valence-electron chi connectivity index (χ2n) is 5.69. The van der Waals surface area contributed by atoms with E-state index in [9.17, 15) is 9.90 Å². The maximum atomic E-state index is 11.3. The predicted octanol–water partition coefficient (Wildman–Crippen LogP) is 2.83.